The first kappa shape index (κ1) is 26.4. The van der Waals surface area contributed by atoms with Crippen molar-refractivity contribution in [2.75, 3.05) is 0 Å². The van der Waals surface area contributed by atoms with Crippen molar-refractivity contribution in [2.45, 2.75) is 90.8 Å². The molecule has 0 amide bonds. The van der Waals surface area contributed by atoms with Crippen LogP contribution in [0.5, 0.6) is 0 Å². The Hall–Kier alpha value is -2.21. The van der Waals surface area contributed by atoms with E-state index in [9.17, 15) is 24.6 Å². The largest absolute Gasteiger partial charge is 0.481 e. The molecule has 0 bridgehead atoms. The van der Waals surface area contributed by atoms with Gasteiger partial charge in [-0.3, -0.25) is 9.59 Å². The Morgan fingerprint density at radius 2 is 1.84 bits per heavy atom. The van der Waals surface area contributed by atoms with Gasteiger partial charge in [0.1, 0.15) is 11.9 Å². The molecule has 0 spiro atoms. The van der Waals surface area contributed by atoms with Crippen LogP contribution < -0.4 is 0 Å². The minimum absolute atomic E-state index is 0.0520. The third kappa shape index (κ3) is 4.43. The number of ether oxygens (including phenoxy) is 1. The first-order valence-electron chi connectivity index (χ1n) is 14.2. The molecule has 4 aliphatic carbocycles. The van der Waals surface area contributed by atoms with Gasteiger partial charge in [0.25, 0.3) is 0 Å². The Bertz CT molecular complexity index is 1040. The normalized spacial score (nSPS) is 41.7. The minimum Gasteiger partial charge on any atom is -0.481 e. The molecule has 2 N–H and O–H groups in total. The van der Waals surface area contributed by atoms with Crippen LogP contribution in [0.1, 0.15) is 88.9 Å². The maximum absolute atomic E-state index is 13.4. The summed E-state index contributed by atoms with van der Waals surface area (Å²) in [5.74, 6) is 0.273. The number of carbonyl (C=O) groups excluding carboxylic acids is 2. The average molecular weight is 511 g/mol. The molecule has 4 aliphatic rings. The van der Waals surface area contributed by atoms with Gasteiger partial charge in [0.05, 0.1) is 11.7 Å². The summed E-state index contributed by atoms with van der Waals surface area (Å²) in [6.07, 6.45) is 5.20. The summed E-state index contributed by atoms with van der Waals surface area (Å²) in [6, 6.07) is 9.12. The molecule has 0 aromatic heterocycles. The average Bonchev–Trinajstić information content (AvgIpc) is 3.22. The summed E-state index contributed by atoms with van der Waals surface area (Å²) in [6.45, 7) is 6.70. The highest BCUT2D eigenvalue weighted by atomic mass is 16.5. The van der Waals surface area contributed by atoms with Crippen molar-refractivity contribution >= 4 is 17.7 Å². The molecule has 1 aromatic carbocycles. The Morgan fingerprint density at radius 1 is 1.11 bits per heavy atom. The van der Waals surface area contributed by atoms with Gasteiger partial charge in [-0.1, -0.05) is 39.0 Å². The van der Waals surface area contributed by atoms with Crippen LogP contribution >= 0.6 is 0 Å². The zero-order valence-electron chi connectivity index (χ0n) is 22.4. The maximum Gasteiger partial charge on any atom is 0.338 e. The molecular weight excluding hydrogens is 468 g/mol. The number of aliphatic carboxylic acids is 1. The van der Waals surface area contributed by atoms with Gasteiger partial charge < -0.3 is 14.9 Å². The third-order valence-electron chi connectivity index (χ3n) is 11.4. The number of fused-ring (bicyclic) bond motifs is 5. The number of carboxylic acid groups (broad SMARTS) is 1. The Kier molecular flexibility index (Phi) is 7.01. The summed E-state index contributed by atoms with van der Waals surface area (Å²) < 4.78 is 6.43. The van der Waals surface area contributed by atoms with Gasteiger partial charge in [-0.15, -0.1) is 0 Å². The summed E-state index contributed by atoms with van der Waals surface area (Å²) in [7, 11) is 0. The van der Waals surface area contributed by atoms with Crippen molar-refractivity contribution in [1.29, 1.82) is 0 Å². The van der Waals surface area contributed by atoms with Crippen LogP contribution in [-0.2, 0) is 14.3 Å². The molecule has 1 unspecified atom stereocenters. The number of aliphatic hydroxyl groups excluding tert-OH is 1. The number of rotatable bonds is 6. The molecule has 1 aromatic rings. The molecule has 4 fully saturated rings. The van der Waals surface area contributed by atoms with Gasteiger partial charge in [0, 0.05) is 24.7 Å². The van der Waals surface area contributed by atoms with Crippen molar-refractivity contribution in [2.24, 2.45) is 46.3 Å². The van der Waals surface area contributed by atoms with E-state index in [-0.39, 0.29) is 64.8 Å². The number of benzene rings is 1. The number of esters is 1. The lowest BCUT2D eigenvalue weighted by Gasteiger charge is -2.63. The Balaban J connectivity index is 1.51. The molecule has 202 valence electrons. The molecule has 0 saturated heterocycles. The highest BCUT2D eigenvalue weighted by molar-refractivity contribution is 5.89. The van der Waals surface area contributed by atoms with E-state index in [1.807, 2.05) is 18.2 Å². The minimum atomic E-state index is -0.782. The SMILES string of the molecule is C[C@H](CCC(=O)O)[C@H]1CC[C@H]2[C@@H]3[C@H](O)CC4CC(=O)CC[C@]4(C)[C@H]3C[C@H](OC(=O)c3ccccc3)[C@]12C. The summed E-state index contributed by atoms with van der Waals surface area (Å²) in [5.41, 5.74) is 0.149. The van der Waals surface area contributed by atoms with Crippen LogP contribution in [0.3, 0.4) is 0 Å². The molecule has 6 nitrogen and oxygen atoms in total. The van der Waals surface area contributed by atoms with Crippen molar-refractivity contribution in [3.63, 3.8) is 0 Å². The van der Waals surface area contributed by atoms with E-state index >= 15 is 0 Å². The first-order valence-corrected chi connectivity index (χ1v) is 14.2. The van der Waals surface area contributed by atoms with E-state index in [4.69, 9.17) is 4.74 Å². The monoisotopic (exact) mass is 510 g/mol. The first-order chi connectivity index (χ1) is 17.6. The van der Waals surface area contributed by atoms with Gasteiger partial charge in [0.15, 0.2) is 0 Å². The van der Waals surface area contributed by atoms with E-state index < -0.39 is 12.1 Å². The highest BCUT2D eigenvalue weighted by Crippen LogP contribution is 2.68. The second-order valence-corrected chi connectivity index (χ2v) is 13.0. The molecule has 0 radical (unpaired) electrons. The maximum atomic E-state index is 13.4. The lowest BCUT2D eigenvalue weighted by Crippen LogP contribution is -2.62. The van der Waals surface area contributed by atoms with Crippen LogP contribution in [0.4, 0.5) is 0 Å². The molecule has 0 aliphatic heterocycles. The zero-order chi connectivity index (χ0) is 26.5. The fourth-order valence-electron chi connectivity index (χ4n) is 9.42. The van der Waals surface area contributed by atoms with Gasteiger partial charge >= 0.3 is 11.9 Å². The fourth-order valence-corrected chi connectivity index (χ4v) is 9.42. The highest BCUT2D eigenvalue weighted by Gasteiger charge is 2.66. The van der Waals surface area contributed by atoms with Crippen LogP contribution in [0.15, 0.2) is 30.3 Å². The summed E-state index contributed by atoms with van der Waals surface area (Å²) in [4.78, 5) is 37.1. The van der Waals surface area contributed by atoms with Crippen LogP contribution in [-0.4, -0.2) is 40.1 Å². The van der Waals surface area contributed by atoms with E-state index in [1.54, 1.807) is 12.1 Å². The van der Waals surface area contributed by atoms with Gasteiger partial charge in [-0.25, -0.2) is 4.79 Å². The van der Waals surface area contributed by atoms with Crippen molar-refractivity contribution in [3.8, 4) is 0 Å². The standard InChI is InChI=1S/C31H42O6/c1-18(9-12-27(34)35)22-10-11-23-28-24(30(2)14-13-21(32)15-20(30)16-25(28)33)17-26(31(22,23)3)37-29(36)19-7-5-4-6-8-19/h4-8,18,20,22-26,28,33H,9-17H2,1-3H3,(H,34,35)/t18-,20?,22-,23+,24+,25-,26+,28+,30+,31-/m1/s1. The summed E-state index contributed by atoms with van der Waals surface area (Å²) in [5, 5.41) is 20.9. The molecular formula is C31H42O6. The van der Waals surface area contributed by atoms with Crippen LogP contribution in [0, 0.1) is 46.3 Å². The van der Waals surface area contributed by atoms with E-state index in [0.29, 0.717) is 43.5 Å². The lowest BCUT2D eigenvalue weighted by molar-refractivity contribution is -0.201. The fraction of sp³-hybridized carbons (Fsp3) is 0.710. The van der Waals surface area contributed by atoms with Gasteiger partial charge in [-0.05, 0) is 91.6 Å². The number of carbonyl (C=O) groups is 3. The smallest absolute Gasteiger partial charge is 0.338 e. The predicted octanol–water partition coefficient (Wildman–Crippen LogP) is 5.52. The molecule has 10 atom stereocenters. The van der Waals surface area contributed by atoms with Gasteiger partial charge in [-0.2, -0.15) is 0 Å². The zero-order valence-corrected chi connectivity index (χ0v) is 22.4. The Morgan fingerprint density at radius 3 is 2.54 bits per heavy atom. The number of hydrogen-bond acceptors (Lipinski definition) is 5. The van der Waals surface area contributed by atoms with Gasteiger partial charge in [0.2, 0.25) is 0 Å². The topological polar surface area (TPSA) is 101 Å². The lowest BCUT2D eigenvalue weighted by atomic mass is 9.43. The predicted molar refractivity (Wildman–Crippen MR) is 139 cm³/mol. The second kappa shape index (κ2) is 9.83. The molecule has 5 rings (SSSR count). The van der Waals surface area contributed by atoms with E-state index in [0.717, 1.165) is 19.3 Å². The third-order valence-corrected chi connectivity index (χ3v) is 11.4. The van der Waals surface area contributed by atoms with Crippen LogP contribution in [0.2, 0.25) is 0 Å². The van der Waals surface area contributed by atoms with Crippen molar-refractivity contribution < 1.29 is 29.3 Å². The molecule has 37 heavy (non-hydrogen) atoms. The number of Topliss-reactive ketones (excluding diaryl/α,β-unsaturated/α-hetero) is 1. The quantitative estimate of drug-likeness (QED) is 0.489. The number of hydrogen-bond donors (Lipinski definition) is 2. The number of ketones is 1. The van der Waals surface area contributed by atoms with Crippen molar-refractivity contribution in [1.82, 2.24) is 0 Å². The molecule has 6 heteroatoms. The summed E-state index contributed by atoms with van der Waals surface area (Å²) >= 11 is 0. The number of carboxylic acids is 1. The van der Waals surface area contributed by atoms with Crippen LogP contribution in [0.25, 0.3) is 0 Å². The Labute approximate surface area is 220 Å². The van der Waals surface area contributed by atoms with E-state index in [2.05, 4.69) is 20.8 Å². The van der Waals surface area contributed by atoms with Crippen molar-refractivity contribution in [3.05, 3.63) is 35.9 Å². The van der Waals surface area contributed by atoms with E-state index in [1.165, 1.54) is 0 Å². The molecule has 4 saturated carbocycles. The molecule has 0 heterocycles. The second-order valence-electron chi connectivity index (χ2n) is 13.0. The number of aliphatic hydroxyl groups is 1.